The molecular weight excluding hydrogens is 440 g/mol. The monoisotopic (exact) mass is 466 g/mol. The first-order valence-corrected chi connectivity index (χ1v) is 11.5. The van der Waals surface area contributed by atoms with E-state index in [4.69, 9.17) is 9.47 Å². The molecule has 1 amide bonds. The molecule has 35 heavy (non-hydrogen) atoms. The lowest BCUT2D eigenvalue weighted by molar-refractivity contribution is 0.102. The number of rotatable bonds is 7. The van der Waals surface area contributed by atoms with Crippen molar-refractivity contribution in [3.05, 3.63) is 108 Å². The van der Waals surface area contributed by atoms with Crippen LogP contribution in [0.1, 0.15) is 34.5 Å². The van der Waals surface area contributed by atoms with Crippen LogP contribution >= 0.6 is 0 Å². The van der Waals surface area contributed by atoms with Crippen molar-refractivity contribution in [3.63, 3.8) is 0 Å². The minimum Gasteiger partial charge on any atom is -0.497 e. The number of carbonyl (C=O) groups is 1. The molecule has 0 saturated carbocycles. The van der Waals surface area contributed by atoms with E-state index in [2.05, 4.69) is 21.8 Å². The van der Waals surface area contributed by atoms with Crippen molar-refractivity contribution in [3.8, 4) is 11.5 Å². The van der Waals surface area contributed by atoms with E-state index in [1.807, 2.05) is 90.5 Å². The molecule has 0 spiro atoms. The molecule has 0 aliphatic carbocycles. The number of ether oxygens (including phenoxy) is 2. The lowest BCUT2D eigenvalue weighted by Crippen LogP contribution is -2.22. The summed E-state index contributed by atoms with van der Waals surface area (Å²) in [6.07, 6.45) is 3.72. The number of hydrogen-bond donors (Lipinski definition) is 2. The summed E-state index contributed by atoms with van der Waals surface area (Å²) in [4.78, 5) is 13.3. The van der Waals surface area contributed by atoms with Crippen molar-refractivity contribution >= 4 is 23.1 Å². The SMILES string of the molecule is CCOc1ccc(NC(=O)c2cnn3c2NC(c2ccccc2)=C[C@H]3c2ccc(OC)cc2)cc1. The maximum atomic E-state index is 13.3. The van der Waals surface area contributed by atoms with Gasteiger partial charge in [-0.05, 0) is 60.5 Å². The fraction of sp³-hybridized carbons (Fsp3) is 0.143. The molecule has 176 valence electrons. The van der Waals surface area contributed by atoms with Crippen molar-refractivity contribution in [2.75, 3.05) is 24.4 Å². The summed E-state index contributed by atoms with van der Waals surface area (Å²) in [6.45, 7) is 2.52. The molecule has 7 heteroatoms. The summed E-state index contributed by atoms with van der Waals surface area (Å²) >= 11 is 0. The van der Waals surface area contributed by atoms with Gasteiger partial charge in [-0.2, -0.15) is 5.10 Å². The third kappa shape index (κ3) is 4.61. The Morgan fingerprint density at radius 2 is 1.71 bits per heavy atom. The van der Waals surface area contributed by atoms with E-state index < -0.39 is 0 Å². The Morgan fingerprint density at radius 1 is 1.00 bits per heavy atom. The predicted octanol–water partition coefficient (Wildman–Crippen LogP) is 5.60. The second kappa shape index (κ2) is 9.77. The molecule has 5 rings (SSSR count). The summed E-state index contributed by atoms with van der Waals surface area (Å²) in [6, 6.07) is 25.0. The van der Waals surface area contributed by atoms with Gasteiger partial charge in [0.1, 0.15) is 22.9 Å². The van der Waals surface area contributed by atoms with Crippen LogP contribution in [0.15, 0.2) is 91.1 Å². The maximum Gasteiger partial charge on any atom is 0.261 e. The van der Waals surface area contributed by atoms with Gasteiger partial charge in [0.2, 0.25) is 0 Å². The van der Waals surface area contributed by atoms with Crippen LogP contribution in [-0.4, -0.2) is 29.4 Å². The van der Waals surface area contributed by atoms with E-state index in [1.54, 1.807) is 13.3 Å². The van der Waals surface area contributed by atoms with Gasteiger partial charge in [0.05, 0.1) is 26.0 Å². The minimum atomic E-state index is -0.245. The first-order valence-electron chi connectivity index (χ1n) is 11.5. The van der Waals surface area contributed by atoms with Crippen LogP contribution in [0, 0.1) is 0 Å². The van der Waals surface area contributed by atoms with Gasteiger partial charge in [0.25, 0.3) is 5.91 Å². The average molecular weight is 467 g/mol. The molecule has 1 aliphatic rings. The van der Waals surface area contributed by atoms with Gasteiger partial charge < -0.3 is 20.1 Å². The average Bonchev–Trinajstić information content (AvgIpc) is 3.34. The van der Waals surface area contributed by atoms with Gasteiger partial charge in [-0.1, -0.05) is 42.5 Å². The van der Waals surface area contributed by atoms with Gasteiger partial charge in [0, 0.05) is 11.4 Å². The highest BCUT2D eigenvalue weighted by Gasteiger charge is 2.28. The molecule has 1 atom stereocenters. The summed E-state index contributed by atoms with van der Waals surface area (Å²) in [5.74, 6) is 1.93. The Labute approximate surface area is 204 Å². The molecule has 2 N–H and O–H groups in total. The molecular formula is C28H26N4O3. The zero-order chi connectivity index (χ0) is 24.2. The van der Waals surface area contributed by atoms with E-state index in [0.29, 0.717) is 23.7 Å². The van der Waals surface area contributed by atoms with Crippen LogP contribution in [0.3, 0.4) is 0 Å². The standard InChI is InChI=1S/C28H26N4O3/c1-3-35-23-15-11-21(12-16-23)30-28(33)24-18-29-32-26(20-9-13-22(34-2)14-10-20)17-25(31-27(24)32)19-7-5-4-6-8-19/h4-18,26,31H,3H2,1-2H3,(H,30,33)/t26-/m0/s1. The largest absolute Gasteiger partial charge is 0.497 e. The molecule has 0 fully saturated rings. The molecule has 4 aromatic rings. The molecule has 1 aliphatic heterocycles. The fourth-order valence-corrected chi connectivity index (χ4v) is 4.09. The Kier molecular flexibility index (Phi) is 6.22. The van der Waals surface area contributed by atoms with Crippen LogP contribution in [0.25, 0.3) is 5.70 Å². The second-order valence-corrected chi connectivity index (χ2v) is 8.05. The molecule has 7 nitrogen and oxygen atoms in total. The number of allylic oxidation sites excluding steroid dienone is 1. The third-order valence-electron chi connectivity index (χ3n) is 5.85. The van der Waals surface area contributed by atoms with Gasteiger partial charge in [-0.15, -0.1) is 0 Å². The van der Waals surface area contributed by atoms with Crippen molar-refractivity contribution in [1.82, 2.24) is 9.78 Å². The summed E-state index contributed by atoms with van der Waals surface area (Å²) in [5.41, 5.74) is 4.10. The number of hydrogen-bond acceptors (Lipinski definition) is 5. The number of methoxy groups -OCH3 is 1. The Bertz CT molecular complexity index is 1340. The topological polar surface area (TPSA) is 77.4 Å². The van der Waals surface area contributed by atoms with Crippen LogP contribution in [0.4, 0.5) is 11.5 Å². The number of nitrogens with one attached hydrogen (secondary N) is 2. The van der Waals surface area contributed by atoms with Crippen LogP contribution in [0.5, 0.6) is 11.5 Å². The normalized spacial score (nSPS) is 14.3. The first-order chi connectivity index (χ1) is 17.2. The highest BCUT2D eigenvalue weighted by Crippen LogP contribution is 2.36. The Morgan fingerprint density at radius 3 is 2.40 bits per heavy atom. The van der Waals surface area contributed by atoms with E-state index in [9.17, 15) is 4.79 Å². The summed E-state index contributed by atoms with van der Waals surface area (Å²) < 4.78 is 12.6. The van der Waals surface area contributed by atoms with E-state index in [1.165, 1.54) is 0 Å². The molecule has 1 aromatic heterocycles. The van der Waals surface area contributed by atoms with Crippen molar-refractivity contribution < 1.29 is 14.3 Å². The van der Waals surface area contributed by atoms with E-state index in [0.717, 1.165) is 28.3 Å². The number of benzene rings is 3. The predicted molar refractivity (Wildman–Crippen MR) is 137 cm³/mol. The Balaban J connectivity index is 1.49. The number of amides is 1. The highest BCUT2D eigenvalue weighted by molar-refractivity contribution is 6.08. The minimum absolute atomic E-state index is 0.195. The van der Waals surface area contributed by atoms with Gasteiger partial charge >= 0.3 is 0 Å². The first kappa shape index (κ1) is 22.3. The lowest BCUT2D eigenvalue weighted by atomic mass is 10.0. The van der Waals surface area contributed by atoms with Gasteiger partial charge in [0.15, 0.2) is 0 Å². The van der Waals surface area contributed by atoms with E-state index in [-0.39, 0.29) is 11.9 Å². The Hall–Kier alpha value is -4.52. The third-order valence-corrected chi connectivity index (χ3v) is 5.85. The van der Waals surface area contributed by atoms with E-state index >= 15 is 0 Å². The van der Waals surface area contributed by atoms with Crippen molar-refractivity contribution in [1.29, 1.82) is 0 Å². The van der Waals surface area contributed by atoms with Crippen molar-refractivity contribution in [2.24, 2.45) is 0 Å². The zero-order valence-electron chi connectivity index (χ0n) is 19.6. The zero-order valence-corrected chi connectivity index (χ0v) is 19.6. The van der Waals surface area contributed by atoms with Gasteiger partial charge in [-0.3, -0.25) is 4.79 Å². The molecule has 0 radical (unpaired) electrons. The molecule has 0 saturated heterocycles. The highest BCUT2D eigenvalue weighted by atomic mass is 16.5. The van der Waals surface area contributed by atoms with Gasteiger partial charge in [-0.25, -0.2) is 4.68 Å². The second-order valence-electron chi connectivity index (χ2n) is 8.05. The number of anilines is 2. The fourth-order valence-electron chi connectivity index (χ4n) is 4.09. The number of nitrogens with zero attached hydrogens (tertiary/aromatic N) is 2. The number of aromatic nitrogens is 2. The molecule has 0 unspecified atom stereocenters. The molecule has 3 aromatic carbocycles. The molecule has 0 bridgehead atoms. The van der Waals surface area contributed by atoms with Crippen LogP contribution in [-0.2, 0) is 0 Å². The quantitative estimate of drug-likeness (QED) is 0.371. The molecule has 2 heterocycles. The van der Waals surface area contributed by atoms with Crippen LogP contribution in [0.2, 0.25) is 0 Å². The lowest BCUT2D eigenvalue weighted by Gasteiger charge is -2.26. The van der Waals surface area contributed by atoms with Crippen molar-refractivity contribution in [2.45, 2.75) is 13.0 Å². The summed E-state index contributed by atoms with van der Waals surface area (Å²) in [5, 5.41) is 11.0. The number of fused-ring (bicyclic) bond motifs is 1. The summed E-state index contributed by atoms with van der Waals surface area (Å²) in [7, 11) is 1.65. The number of carbonyl (C=O) groups excluding carboxylic acids is 1. The smallest absolute Gasteiger partial charge is 0.261 e. The van der Waals surface area contributed by atoms with Crippen LogP contribution < -0.4 is 20.1 Å². The maximum absolute atomic E-state index is 13.3.